The quantitative estimate of drug-likeness (QED) is 0.881. The molecular formula is C15H25N5O. The van der Waals surface area contributed by atoms with Crippen molar-refractivity contribution in [2.24, 2.45) is 0 Å². The van der Waals surface area contributed by atoms with Gasteiger partial charge in [-0.1, -0.05) is 13.8 Å². The Morgan fingerprint density at radius 2 is 2.00 bits per heavy atom. The van der Waals surface area contributed by atoms with Crippen LogP contribution in [0.3, 0.4) is 0 Å². The molecule has 2 rings (SSSR count). The maximum absolute atomic E-state index is 12.1. The highest BCUT2D eigenvalue weighted by molar-refractivity contribution is 5.93. The van der Waals surface area contributed by atoms with Crippen LogP contribution in [0.1, 0.15) is 37.7 Å². The zero-order chi connectivity index (χ0) is 15.2. The number of hydrogen-bond donors (Lipinski definition) is 1. The third-order valence-electron chi connectivity index (χ3n) is 4.02. The van der Waals surface area contributed by atoms with Crippen molar-refractivity contribution in [2.45, 2.75) is 33.2 Å². The van der Waals surface area contributed by atoms with Gasteiger partial charge in [0.05, 0.1) is 0 Å². The molecule has 0 aromatic carbocycles. The maximum atomic E-state index is 12.1. The molecule has 116 valence electrons. The van der Waals surface area contributed by atoms with Gasteiger partial charge >= 0.3 is 0 Å². The third-order valence-corrected chi connectivity index (χ3v) is 4.02. The van der Waals surface area contributed by atoms with Gasteiger partial charge in [0.1, 0.15) is 17.8 Å². The Morgan fingerprint density at radius 3 is 2.62 bits per heavy atom. The van der Waals surface area contributed by atoms with E-state index in [1.165, 1.54) is 6.33 Å². The number of nitrogens with one attached hydrogen (secondary N) is 1. The highest BCUT2D eigenvalue weighted by Crippen LogP contribution is 2.14. The fraction of sp³-hybridized carbons (Fsp3) is 0.667. The summed E-state index contributed by atoms with van der Waals surface area (Å²) in [5.74, 6) is 0.718. The van der Waals surface area contributed by atoms with Gasteiger partial charge in [0, 0.05) is 38.3 Å². The number of rotatable bonds is 5. The standard InChI is InChI=1S/C15H25N5O/c1-4-12(3)18-15(21)13-10-14(17-11-16-13)20-8-6-19(5-2)7-9-20/h10-12H,4-9H2,1-3H3,(H,18,21). The van der Waals surface area contributed by atoms with Crippen molar-refractivity contribution >= 4 is 11.7 Å². The lowest BCUT2D eigenvalue weighted by molar-refractivity contribution is 0.0934. The average molecular weight is 291 g/mol. The minimum absolute atomic E-state index is 0.125. The summed E-state index contributed by atoms with van der Waals surface area (Å²) in [5.41, 5.74) is 0.443. The Kier molecular flexibility index (Phi) is 5.50. The predicted octanol–water partition coefficient (Wildman–Crippen LogP) is 1.15. The van der Waals surface area contributed by atoms with E-state index in [1.807, 2.05) is 13.8 Å². The number of aromatic nitrogens is 2. The molecule has 1 saturated heterocycles. The first-order valence-corrected chi connectivity index (χ1v) is 7.74. The molecule has 1 aromatic heterocycles. The van der Waals surface area contributed by atoms with Gasteiger partial charge in [0.2, 0.25) is 0 Å². The second-order valence-electron chi connectivity index (χ2n) is 5.47. The largest absolute Gasteiger partial charge is 0.354 e. The summed E-state index contributed by atoms with van der Waals surface area (Å²) in [6.07, 6.45) is 2.38. The highest BCUT2D eigenvalue weighted by atomic mass is 16.1. The molecule has 1 N–H and O–H groups in total. The molecule has 1 unspecified atom stereocenters. The Labute approximate surface area is 126 Å². The summed E-state index contributed by atoms with van der Waals surface area (Å²) < 4.78 is 0. The van der Waals surface area contributed by atoms with Crippen molar-refractivity contribution in [1.82, 2.24) is 20.2 Å². The molecule has 1 aliphatic rings. The number of likely N-dealkylation sites (N-methyl/N-ethyl adjacent to an activating group) is 1. The zero-order valence-electron chi connectivity index (χ0n) is 13.2. The van der Waals surface area contributed by atoms with Crippen molar-refractivity contribution in [3.05, 3.63) is 18.1 Å². The summed E-state index contributed by atoms with van der Waals surface area (Å²) in [5, 5.41) is 2.94. The van der Waals surface area contributed by atoms with Crippen LogP contribution in [0.4, 0.5) is 5.82 Å². The molecule has 2 heterocycles. The molecule has 21 heavy (non-hydrogen) atoms. The van der Waals surface area contributed by atoms with Crippen LogP contribution < -0.4 is 10.2 Å². The van der Waals surface area contributed by atoms with E-state index in [0.717, 1.165) is 45.0 Å². The van der Waals surface area contributed by atoms with Crippen molar-refractivity contribution in [2.75, 3.05) is 37.6 Å². The summed E-state index contributed by atoms with van der Waals surface area (Å²) in [4.78, 5) is 25.2. The lowest BCUT2D eigenvalue weighted by Crippen LogP contribution is -2.46. The van der Waals surface area contributed by atoms with Gasteiger partial charge in [0.25, 0.3) is 5.91 Å². The molecule has 1 fully saturated rings. The lowest BCUT2D eigenvalue weighted by Gasteiger charge is -2.34. The van der Waals surface area contributed by atoms with E-state index in [0.29, 0.717) is 5.69 Å². The van der Waals surface area contributed by atoms with E-state index in [9.17, 15) is 4.79 Å². The van der Waals surface area contributed by atoms with Crippen LogP contribution in [0, 0.1) is 0 Å². The van der Waals surface area contributed by atoms with Crippen LogP contribution in [0.2, 0.25) is 0 Å². The molecule has 1 amide bonds. The van der Waals surface area contributed by atoms with E-state index in [2.05, 4.69) is 32.0 Å². The molecule has 6 nitrogen and oxygen atoms in total. The van der Waals surface area contributed by atoms with E-state index in [1.54, 1.807) is 6.07 Å². The number of carbonyl (C=O) groups is 1. The predicted molar refractivity (Wildman–Crippen MR) is 83.6 cm³/mol. The van der Waals surface area contributed by atoms with E-state index in [4.69, 9.17) is 0 Å². The maximum Gasteiger partial charge on any atom is 0.270 e. The van der Waals surface area contributed by atoms with Crippen LogP contribution in [-0.2, 0) is 0 Å². The average Bonchev–Trinajstić information content (AvgIpc) is 2.55. The van der Waals surface area contributed by atoms with Gasteiger partial charge in [-0.25, -0.2) is 9.97 Å². The number of carbonyl (C=O) groups excluding carboxylic acids is 1. The van der Waals surface area contributed by atoms with Crippen molar-refractivity contribution in [3.8, 4) is 0 Å². The lowest BCUT2D eigenvalue weighted by atomic mass is 10.2. The first-order chi connectivity index (χ1) is 10.1. The minimum Gasteiger partial charge on any atom is -0.354 e. The Bertz CT molecular complexity index is 471. The molecule has 0 bridgehead atoms. The molecule has 1 aliphatic heterocycles. The Morgan fingerprint density at radius 1 is 1.29 bits per heavy atom. The number of piperazine rings is 1. The van der Waals surface area contributed by atoms with Crippen LogP contribution in [0.15, 0.2) is 12.4 Å². The number of hydrogen-bond acceptors (Lipinski definition) is 5. The monoisotopic (exact) mass is 291 g/mol. The molecule has 0 saturated carbocycles. The van der Waals surface area contributed by atoms with Crippen LogP contribution in [0.5, 0.6) is 0 Å². The summed E-state index contributed by atoms with van der Waals surface area (Å²) >= 11 is 0. The van der Waals surface area contributed by atoms with Gasteiger partial charge in [0.15, 0.2) is 0 Å². The Hall–Kier alpha value is -1.69. The normalized spacial score (nSPS) is 17.6. The molecule has 6 heteroatoms. The second-order valence-corrected chi connectivity index (χ2v) is 5.47. The second kappa shape index (κ2) is 7.36. The van der Waals surface area contributed by atoms with Crippen LogP contribution >= 0.6 is 0 Å². The topological polar surface area (TPSA) is 61.4 Å². The van der Waals surface area contributed by atoms with Gasteiger partial charge in [-0.3, -0.25) is 4.79 Å². The summed E-state index contributed by atoms with van der Waals surface area (Å²) in [6, 6.07) is 1.95. The summed E-state index contributed by atoms with van der Waals surface area (Å²) in [7, 11) is 0. The molecule has 1 atom stereocenters. The summed E-state index contributed by atoms with van der Waals surface area (Å²) in [6.45, 7) is 11.3. The van der Waals surface area contributed by atoms with Crippen molar-refractivity contribution < 1.29 is 4.79 Å². The molecule has 0 radical (unpaired) electrons. The van der Waals surface area contributed by atoms with E-state index >= 15 is 0 Å². The number of amides is 1. The van der Waals surface area contributed by atoms with Gasteiger partial charge in [-0.05, 0) is 19.9 Å². The molecule has 0 aliphatic carbocycles. The van der Waals surface area contributed by atoms with Gasteiger partial charge in [-0.2, -0.15) is 0 Å². The van der Waals surface area contributed by atoms with Gasteiger partial charge in [-0.15, -0.1) is 0 Å². The zero-order valence-corrected chi connectivity index (χ0v) is 13.2. The van der Waals surface area contributed by atoms with Crippen molar-refractivity contribution in [1.29, 1.82) is 0 Å². The fourth-order valence-electron chi connectivity index (χ4n) is 2.34. The van der Waals surface area contributed by atoms with E-state index in [-0.39, 0.29) is 11.9 Å². The Balaban J connectivity index is 2.02. The minimum atomic E-state index is -0.125. The van der Waals surface area contributed by atoms with Crippen LogP contribution in [0.25, 0.3) is 0 Å². The van der Waals surface area contributed by atoms with Gasteiger partial charge < -0.3 is 15.1 Å². The van der Waals surface area contributed by atoms with E-state index < -0.39 is 0 Å². The molecular weight excluding hydrogens is 266 g/mol. The smallest absolute Gasteiger partial charge is 0.270 e. The third kappa shape index (κ3) is 4.14. The van der Waals surface area contributed by atoms with Crippen LogP contribution in [-0.4, -0.2) is 59.5 Å². The highest BCUT2D eigenvalue weighted by Gasteiger charge is 2.18. The molecule has 1 aromatic rings. The number of nitrogens with zero attached hydrogens (tertiary/aromatic N) is 4. The number of anilines is 1. The van der Waals surface area contributed by atoms with Crippen molar-refractivity contribution in [3.63, 3.8) is 0 Å². The first-order valence-electron chi connectivity index (χ1n) is 7.74. The molecule has 0 spiro atoms. The fourth-order valence-corrected chi connectivity index (χ4v) is 2.34. The SMILES string of the molecule is CCC(C)NC(=O)c1cc(N2CCN(CC)CC2)ncn1. The first kappa shape index (κ1) is 15.7.